The number of aromatic nitrogens is 1. The maximum absolute atomic E-state index is 12.2. The second kappa shape index (κ2) is 5.57. The molecular formula is C17H19N3O2. The molecular weight excluding hydrogens is 278 g/mol. The maximum atomic E-state index is 12.2. The van der Waals surface area contributed by atoms with Gasteiger partial charge in [-0.15, -0.1) is 0 Å². The molecule has 2 heterocycles. The predicted molar refractivity (Wildman–Crippen MR) is 84.9 cm³/mol. The van der Waals surface area contributed by atoms with E-state index in [9.17, 15) is 4.79 Å². The minimum atomic E-state index is -0.400. The summed E-state index contributed by atoms with van der Waals surface area (Å²) >= 11 is 0. The van der Waals surface area contributed by atoms with Gasteiger partial charge in [0.15, 0.2) is 6.10 Å². The first kappa shape index (κ1) is 13.5. The number of rotatable bonds is 3. The van der Waals surface area contributed by atoms with Gasteiger partial charge in [0.25, 0.3) is 5.91 Å². The number of benzene rings is 1. The van der Waals surface area contributed by atoms with Crippen molar-refractivity contribution < 1.29 is 9.53 Å². The van der Waals surface area contributed by atoms with Crippen molar-refractivity contribution in [1.29, 1.82) is 0 Å². The van der Waals surface area contributed by atoms with E-state index in [1.54, 1.807) is 0 Å². The summed E-state index contributed by atoms with van der Waals surface area (Å²) in [6.45, 7) is 1.87. The number of nitrogens with one attached hydrogen (secondary N) is 1. The average Bonchev–Trinajstić information content (AvgIpc) is 3.38. The normalized spacial score (nSPS) is 21.8. The van der Waals surface area contributed by atoms with Gasteiger partial charge in [0.2, 0.25) is 0 Å². The summed E-state index contributed by atoms with van der Waals surface area (Å²) in [7, 11) is 0. The summed E-state index contributed by atoms with van der Waals surface area (Å²) in [4.78, 5) is 19.0. The van der Waals surface area contributed by atoms with Crippen LogP contribution >= 0.6 is 0 Å². The van der Waals surface area contributed by atoms with Crippen LogP contribution in [0.3, 0.4) is 0 Å². The molecule has 1 aromatic heterocycles. The van der Waals surface area contributed by atoms with Crippen molar-refractivity contribution in [2.45, 2.75) is 25.0 Å². The fourth-order valence-electron chi connectivity index (χ4n) is 2.77. The molecule has 1 saturated heterocycles. The Bertz CT molecular complexity index is 699. The zero-order valence-corrected chi connectivity index (χ0v) is 12.4. The smallest absolute Gasteiger partial charge is 0.251 e. The van der Waals surface area contributed by atoms with E-state index in [4.69, 9.17) is 9.72 Å². The molecule has 1 saturated carbocycles. The largest absolute Gasteiger partial charge is 0.365 e. The van der Waals surface area contributed by atoms with E-state index in [2.05, 4.69) is 22.3 Å². The Balaban J connectivity index is 1.51. The molecule has 1 aliphatic heterocycles. The highest BCUT2D eigenvalue weighted by Gasteiger charge is 2.31. The third kappa shape index (κ3) is 2.76. The first-order valence-electron chi connectivity index (χ1n) is 7.82. The van der Waals surface area contributed by atoms with Crippen LogP contribution in [0.1, 0.15) is 12.8 Å². The zero-order chi connectivity index (χ0) is 14.9. The number of pyridine rings is 1. The van der Waals surface area contributed by atoms with Crippen LogP contribution in [0.4, 0.5) is 5.82 Å². The lowest BCUT2D eigenvalue weighted by atomic mass is 10.2. The number of amides is 1. The van der Waals surface area contributed by atoms with Crippen LogP contribution in [0.25, 0.3) is 10.9 Å². The number of anilines is 1. The van der Waals surface area contributed by atoms with Gasteiger partial charge in [-0.1, -0.05) is 18.2 Å². The van der Waals surface area contributed by atoms with Crippen LogP contribution in [-0.4, -0.2) is 42.7 Å². The second-order valence-corrected chi connectivity index (χ2v) is 5.95. The van der Waals surface area contributed by atoms with Crippen LogP contribution in [-0.2, 0) is 9.53 Å². The first-order chi connectivity index (χ1) is 10.8. The minimum Gasteiger partial charge on any atom is -0.365 e. The van der Waals surface area contributed by atoms with Gasteiger partial charge in [-0.2, -0.15) is 0 Å². The number of hydrogen-bond acceptors (Lipinski definition) is 4. The lowest BCUT2D eigenvalue weighted by Crippen LogP contribution is -2.50. The second-order valence-electron chi connectivity index (χ2n) is 5.95. The van der Waals surface area contributed by atoms with Crippen molar-refractivity contribution >= 4 is 22.6 Å². The van der Waals surface area contributed by atoms with E-state index < -0.39 is 6.10 Å². The summed E-state index contributed by atoms with van der Waals surface area (Å²) < 4.78 is 5.63. The lowest BCUT2D eigenvalue weighted by molar-refractivity contribution is -0.133. The fourth-order valence-corrected chi connectivity index (χ4v) is 2.77. The number of ether oxygens (including phenoxy) is 1. The van der Waals surface area contributed by atoms with Crippen LogP contribution in [0.5, 0.6) is 0 Å². The van der Waals surface area contributed by atoms with Gasteiger partial charge in [-0.05, 0) is 31.0 Å². The predicted octanol–water partition coefficient (Wildman–Crippen LogP) is 1.72. The van der Waals surface area contributed by atoms with E-state index in [1.165, 1.54) is 0 Å². The summed E-state index contributed by atoms with van der Waals surface area (Å²) in [5.41, 5.74) is 0.977. The number of para-hydroxylation sites is 1. The minimum absolute atomic E-state index is 0.00740. The Kier molecular flexibility index (Phi) is 3.42. The number of carbonyl (C=O) groups is 1. The molecule has 1 N–H and O–H groups in total. The summed E-state index contributed by atoms with van der Waals surface area (Å²) in [6, 6.07) is 12.5. The molecule has 1 unspecified atom stereocenters. The van der Waals surface area contributed by atoms with Crippen molar-refractivity contribution in [3.8, 4) is 0 Å². The molecule has 2 fully saturated rings. The molecule has 114 valence electrons. The zero-order valence-electron chi connectivity index (χ0n) is 12.4. The molecule has 0 radical (unpaired) electrons. The van der Waals surface area contributed by atoms with Crippen molar-refractivity contribution in [2.75, 3.05) is 24.6 Å². The highest BCUT2D eigenvalue weighted by Crippen LogP contribution is 2.22. The van der Waals surface area contributed by atoms with E-state index >= 15 is 0 Å². The molecule has 4 rings (SSSR count). The highest BCUT2D eigenvalue weighted by atomic mass is 16.5. The standard InChI is InChI=1S/C17H19N3O2/c21-17(18-13-6-7-13)15-11-20(9-10-22-15)16-8-5-12-3-1-2-4-14(12)19-16/h1-5,8,13,15H,6-7,9-11H2,(H,18,21). The highest BCUT2D eigenvalue weighted by molar-refractivity contribution is 5.83. The van der Waals surface area contributed by atoms with E-state index in [-0.39, 0.29) is 5.91 Å². The van der Waals surface area contributed by atoms with Gasteiger partial charge >= 0.3 is 0 Å². The number of morpholine rings is 1. The quantitative estimate of drug-likeness (QED) is 0.937. The topological polar surface area (TPSA) is 54.5 Å². The molecule has 1 amide bonds. The third-order valence-electron chi connectivity index (χ3n) is 4.19. The molecule has 5 heteroatoms. The van der Waals surface area contributed by atoms with E-state index in [0.29, 0.717) is 19.2 Å². The average molecular weight is 297 g/mol. The van der Waals surface area contributed by atoms with Gasteiger partial charge in [0, 0.05) is 18.0 Å². The first-order valence-corrected chi connectivity index (χ1v) is 7.82. The Morgan fingerprint density at radius 2 is 2.09 bits per heavy atom. The van der Waals surface area contributed by atoms with E-state index in [0.717, 1.165) is 36.1 Å². The molecule has 0 spiro atoms. The Labute approximate surface area is 129 Å². The fraction of sp³-hybridized carbons (Fsp3) is 0.412. The molecule has 2 aromatic rings. The summed E-state index contributed by atoms with van der Waals surface area (Å²) in [6.07, 6.45) is 1.78. The van der Waals surface area contributed by atoms with Crippen LogP contribution < -0.4 is 10.2 Å². The molecule has 1 aromatic carbocycles. The van der Waals surface area contributed by atoms with Crippen molar-refractivity contribution in [2.24, 2.45) is 0 Å². The maximum Gasteiger partial charge on any atom is 0.251 e. The molecule has 5 nitrogen and oxygen atoms in total. The van der Waals surface area contributed by atoms with Crippen LogP contribution in [0, 0.1) is 0 Å². The summed E-state index contributed by atoms with van der Waals surface area (Å²) in [5, 5.41) is 4.14. The number of hydrogen-bond donors (Lipinski definition) is 1. The van der Waals surface area contributed by atoms with Gasteiger partial charge in [0.05, 0.1) is 18.7 Å². The SMILES string of the molecule is O=C(NC1CC1)C1CN(c2ccc3ccccc3n2)CCO1. The monoisotopic (exact) mass is 297 g/mol. The Morgan fingerprint density at radius 3 is 2.95 bits per heavy atom. The van der Waals surface area contributed by atoms with Crippen LogP contribution in [0.15, 0.2) is 36.4 Å². The molecule has 0 bridgehead atoms. The third-order valence-corrected chi connectivity index (χ3v) is 4.19. The van der Waals surface area contributed by atoms with Gasteiger partial charge in [0.1, 0.15) is 5.82 Å². The van der Waals surface area contributed by atoms with Gasteiger partial charge < -0.3 is 15.0 Å². The van der Waals surface area contributed by atoms with Gasteiger partial charge in [-0.25, -0.2) is 4.98 Å². The Morgan fingerprint density at radius 1 is 1.23 bits per heavy atom. The van der Waals surface area contributed by atoms with Crippen molar-refractivity contribution in [1.82, 2.24) is 10.3 Å². The molecule has 1 aliphatic carbocycles. The van der Waals surface area contributed by atoms with E-state index in [1.807, 2.05) is 24.3 Å². The number of fused-ring (bicyclic) bond motifs is 1. The number of nitrogens with zero attached hydrogens (tertiary/aromatic N) is 2. The molecule has 22 heavy (non-hydrogen) atoms. The number of carbonyl (C=O) groups excluding carboxylic acids is 1. The summed E-state index contributed by atoms with van der Waals surface area (Å²) in [5.74, 6) is 0.916. The van der Waals surface area contributed by atoms with Crippen molar-refractivity contribution in [3.63, 3.8) is 0 Å². The van der Waals surface area contributed by atoms with Gasteiger partial charge in [-0.3, -0.25) is 4.79 Å². The van der Waals surface area contributed by atoms with Crippen LogP contribution in [0.2, 0.25) is 0 Å². The Hall–Kier alpha value is -2.14. The van der Waals surface area contributed by atoms with Crippen molar-refractivity contribution in [3.05, 3.63) is 36.4 Å². The lowest BCUT2D eigenvalue weighted by Gasteiger charge is -2.33. The molecule has 2 aliphatic rings. The molecule has 1 atom stereocenters.